The quantitative estimate of drug-likeness (QED) is 0.642. The van der Waals surface area contributed by atoms with Gasteiger partial charge in [0, 0.05) is 0 Å². The number of nitrogens with zero attached hydrogens (tertiary/aromatic N) is 4. The zero-order valence-corrected chi connectivity index (χ0v) is 11.6. The SMILES string of the molecule is COc1ncnc2c1ncn2[C@@H]1O[C@H](COC=O)[C@@H](O)[C@@H]1O. The van der Waals surface area contributed by atoms with Crippen LogP contribution in [0.25, 0.3) is 11.2 Å². The lowest BCUT2D eigenvalue weighted by molar-refractivity contribution is -0.135. The molecule has 0 aliphatic carbocycles. The van der Waals surface area contributed by atoms with Gasteiger partial charge in [-0.2, -0.15) is 4.98 Å². The smallest absolute Gasteiger partial charge is 0.293 e. The van der Waals surface area contributed by atoms with E-state index in [0.29, 0.717) is 11.2 Å². The third-order valence-corrected chi connectivity index (χ3v) is 3.46. The van der Waals surface area contributed by atoms with Crippen LogP contribution in [0, 0.1) is 0 Å². The largest absolute Gasteiger partial charge is 0.479 e. The number of ether oxygens (including phenoxy) is 3. The van der Waals surface area contributed by atoms with Crippen LogP contribution in [0.5, 0.6) is 5.88 Å². The number of aromatic nitrogens is 4. The van der Waals surface area contributed by atoms with Gasteiger partial charge in [0.15, 0.2) is 17.4 Å². The summed E-state index contributed by atoms with van der Waals surface area (Å²) in [6.45, 7) is 0.0870. The maximum atomic E-state index is 10.2. The van der Waals surface area contributed by atoms with Gasteiger partial charge in [-0.3, -0.25) is 9.36 Å². The van der Waals surface area contributed by atoms with Crippen LogP contribution in [0.3, 0.4) is 0 Å². The van der Waals surface area contributed by atoms with Crippen LogP contribution in [-0.2, 0) is 14.3 Å². The lowest BCUT2D eigenvalue weighted by atomic mass is 10.1. The van der Waals surface area contributed by atoms with E-state index in [2.05, 4.69) is 19.7 Å². The summed E-state index contributed by atoms with van der Waals surface area (Å²) in [5, 5.41) is 20.1. The number of hydrogen-bond acceptors (Lipinski definition) is 9. The van der Waals surface area contributed by atoms with Crippen LogP contribution in [0.15, 0.2) is 12.7 Å². The summed E-state index contributed by atoms with van der Waals surface area (Å²) >= 11 is 0. The van der Waals surface area contributed by atoms with Crippen molar-refractivity contribution in [2.24, 2.45) is 0 Å². The van der Waals surface area contributed by atoms with E-state index in [-0.39, 0.29) is 19.0 Å². The molecular weight excluding hydrogens is 296 g/mol. The second kappa shape index (κ2) is 5.83. The molecule has 0 amide bonds. The fourth-order valence-electron chi connectivity index (χ4n) is 2.40. The maximum absolute atomic E-state index is 10.2. The average molecular weight is 310 g/mol. The second-order valence-corrected chi connectivity index (χ2v) is 4.68. The summed E-state index contributed by atoms with van der Waals surface area (Å²) < 4.78 is 16.7. The number of imidazole rings is 1. The van der Waals surface area contributed by atoms with Crippen molar-refractivity contribution in [3.05, 3.63) is 12.7 Å². The number of aliphatic hydroxyl groups is 2. The first-order valence-corrected chi connectivity index (χ1v) is 6.45. The summed E-state index contributed by atoms with van der Waals surface area (Å²) in [4.78, 5) is 22.4. The number of hydrogen-bond donors (Lipinski definition) is 2. The Morgan fingerprint density at radius 1 is 1.36 bits per heavy atom. The molecule has 1 saturated heterocycles. The summed E-state index contributed by atoms with van der Waals surface area (Å²) in [5.74, 6) is 0.289. The van der Waals surface area contributed by atoms with Gasteiger partial charge in [-0.05, 0) is 0 Å². The van der Waals surface area contributed by atoms with Crippen LogP contribution in [0.2, 0.25) is 0 Å². The lowest BCUT2D eigenvalue weighted by Crippen LogP contribution is -2.33. The van der Waals surface area contributed by atoms with Crippen molar-refractivity contribution in [1.82, 2.24) is 19.5 Å². The minimum absolute atomic E-state index is 0.164. The van der Waals surface area contributed by atoms with Crippen LogP contribution in [-0.4, -0.2) is 68.2 Å². The Labute approximate surface area is 124 Å². The Hall–Kier alpha value is -2.30. The van der Waals surface area contributed by atoms with E-state index >= 15 is 0 Å². The summed E-state index contributed by atoms with van der Waals surface area (Å²) in [6.07, 6.45) is -1.48. The normalized spacial score (nSPS) is 28.0. The summed E-state index contributed by atoms with van der Waals surface area (Å²) in [7, 11) is 1.46. The molecule has 0 saturated carbocycles. The van der Waals surface area contributed by atoms with Crippen molar-refractivity contribution in [2.45, 2.75) is 24.5 Å². The molecule has 22 heavy (non-hydrogen) atoms. The number of carbonyl (C=O) groups is 1. The van der Waals surface area contributed by atoms with Crippen molar-refractivity contribution in [3.8, 4) is 5.88 Å². The van der Waals surface area contributed by atoms with E-state index in [9.17, 15) is 15.0 Å². The van der Waals surface area contributed by atoms with Crippen LogP contribution in [0.1, 0.15) is 6.23 Å². The van der Waals surface area contributed by atoms with Gasteiger partial charge in [0.2, 0.25) is 5.88 Å². The van der Waals surface area contributed by atoms with Crippen molar-refractivity contribution in [2.75, 3.05) is 13.7 Å². The van der Waals surface area contributed by atoms with E-state index in [0.717, 1.165) is 0 Å². The Kier molecular flexibility index (Phi) is 3.88. The molecule has 1 aliphatic heterocycles. The number of aliphatic hydroxyl groups excluding tert-OH is 2. The molecule has 2 aromatic heterocycles. The fourth-order valence-corrected chi connectivity index (χ4v) is 2.40. The molecule has 0 aromatic carbocycles. The summed E-state index contributed by atoms with van der Waals surface area (Å²) in [6, 6.07) is 0. The molecule has 1 fully saturated rings. The Morgan fingerprint density at radius 3 is 2.91 bits per heavy atom. The van der Waals surface area contributed by atoms with E-state index in [4.69, 9.17) is 9.47 Å². The topological polar surface area (TPSA) is 129 Å². The first kappa shape index (κ1) is 14.6. The van der Waals surface area contributed by atoms with Gasteiger partial charge in [0.25, 0.3) is 6.47 Å². The monoisotopic (exact) mass is 310 g/mol. The molecule has 3 rings (SSSR count). The number of carbonyl (C=O) groups excluding carboxylic acids is 1. The zero-order valence-electron chi connectivity index (χ0n) is 11.6. The molecule has 118 valence electrons. The molecule has 0 unspecified atom stereocenters. The molecular formula is C12H14N4O6. The molecule has 2 aromatic rings. The van der Waals surface area contributed by atoms with Crippen LogP contribution >= 0.6 is 0 Å². The number of methoxy groups -OCH3 is 1. The standard InChI is InChI=1S/C12H14N4O6/c1-20-11-7-10(13-3-14-11)16(4-15-7)12-9(19)8(18)6(22-12)2-21-5-17/h3-6,8-9,12,18-19H,2H2,1H3/t6-,8-,9+,12-/m1/s1. The number of rotatable bonds is 5. The van der Waals surface area contributed by atoms with Gasteiger partial charge < -0.3 is 24.4 Å². The fraction of sp³-hybridized carbons (Fsp3) is 0.500. The predicted molar refractivity (Wildman–Crippen MR) is 69.8 cm³/mol. The van der Waals surface area contributed by atoms with Crippen LogP contribution < -0.4 is 4.74 Å². The highest BCUT2D eigenvalue weighted by atomic mass is 16.6. The van der Waals surface area contributed by atoms with Crippen molar-refractivity contribution < 1.29 is 29.2 Å². The average Bonchev–Trinajstić information content (AvgIpc) is 3.08. The van der Waals surface area contributed by atoms with Gasteiger partial charge in [0.05, 0.1) is 13.4 Å². The van der Waals surface area contributed by atoms with E-state index in [1.807, 2.05) is 0 Å². The minimum atomic E-state index is -1.22. The second-order valence-electron chi connectivity index (χ2n) is 4.68. The van der Waals surface area contributed by atoms with E-state index in [1.165, 1.54) is 24.3 Å². The molecule has 4 atom stereocenters. The highest BCUT2D eigenvalue weighted by Crippen LogP contribution is 2.32. The Balaban J connectivity index is 1.93. The highest BCUT2D eigenvalue weighted by Gasteiger charge is 2.44. The lowest BCUT2D eigenvalue weighted by Gasteiger charge is -2.16. The molecule has 3 heterocycles. The molecule has 10 nitrogen and oxygen atoms in total. The molecule has 2 N–H and O–H groups in total. The predicted octanol–water partition coefficient (Wildman–Crippen LogP) is -1.37. The molecule has 1 aliphatic rings. The van der Waals surface area contributed by atoms with Crippen LogP contribution in [0.4, 0.5) is 0 Å². The molecule has 10 heteroatoms. The third-order valence-electron chi connectivity index (χ3n) is 3.46. The highest BCUT2D eigenvalue weighted by molar-refractivity contribution is 5.76. The van der Waals surface area contributed by atoms with Crippen molar-refractivity contribution in [3.63, 3.8) is 0 Å². The Bertz CT molecular complexity index is 677. The van der Waals surface area contributed by atoms with Crippen molar-refractivity contribution in [1.29, 1.82) is 0 Å². The minimum Gasteiger partial charge on any atom is -0.479 e. The van der Waals surface area contributed by atoms with Gasteiger partial charge >= 0.3 is 0 Å². The molecule has 0 spiro atoms. The van der Waals surface area contributed by atoms with Gasteiger partial charge in [0.1, 0.15) is 31.2 Å². The third kappa shape index (κ3) is 2.26. The molecule has 0 bridgehead atoms. The summed E-state index contributed by atoms with van der Waals surface area (Å²) in [5.41, 5.74) is 0.794. The van der Waals surface area contributed by atoms with E-state index in [1.54, 1.807) is 0 Å². The first-order chi connectivity index (χ1) is 10.7. The number of fused-ring (bicyclic) bond motifs is 1. The zero-order chi connectivity index (χ0) is 15.7. The molecule has 0 radical (unpaired) electrons. The first-order valence-electron chi connectivity index (χ1n) is 6.45. The van der Waals surface area contributed by atoms with Gasteiger partial charge in [-0.25, -0.2) is 9.97 Å². The van der Waals surface area contributed by atoms with Gasteiger partial charge in [-0.15, -0.1) is 0 Å². The van der Waals surface area contributed by atoms with E-state index < -0.39 is 24.5 Å². The maximum Gasteiger partial charge on any atom is 0.293 e. The van der Waals surface area contributed by atoms with Crippen molar-refractivity contribution >= 4 is 17.6 Å². The van der Waals surface area contributed by atoms with Gasteiger partial charge in [-0.1, -0.05) is 0 Å². The Morgan fingerprint density at radius 2 is 2.18 bits per heavy atom.